The number of ketones is 1. The van der Waals surface area contributed by atoms with Gasteiger partial charge in [0, 0.05) is 11.6 Å². The van der Waals surface area contributed by atoms with E-state index in [-0.39, 0.29) is 17.1 Å². The molecule has 0 fully saturated rings. The maximum atomic E-state index is 13.1. The molecule has 0 radical (unpaired) electrons. The molecule has 2 heterocycles. The van der Waals surface area contributed by atoms with Gasteiger partial charge >= 0.3 is 0 Å². The number of aromatic nitrogens is 1. The number of anilines is 1. The minimum absolute atomic E-state index is 0.0693. The Balaban J connectivity index is 1.80. The summed E-state index contributed by atoms with van der Waals surface area (Å²) in [6.45, 7) is 0. The normalized spacial score (nSPS) is 16.4. The molecule has 3 aromatic rings. The number of aromatic hydroxyl groups is 1. The highest BCUT2D eigenvalue weighted by atomic mass is 32.1. The first-order chi connectivity index (χ1) is 15.0. The number of rotatable bonds is 6. The lowest BCUT2D eigenvalue weighted by atomic mass is 9.95. The van der Waals surface area contributed by atoms with Gasteiger partial charge in [-0.3, -0.25) is 14.5 Å². The Hall–Kier alpha value is -3.91. The van der Waals surface area contributed by atoms with E-state index in [0.29, 0.717) is 10.7 Å². The number of hydrogen-bond donors (Lipinski definition) is 2. The van der Waals surface area contributed by atoms with Crippen LogP contribution in [-0.4, -0.2) is 34.0 Å². The first-order valence-corrected chi connectivity index (χ1v) is 10.2. The Bertz CT molecular complexity index is 1190. The fourth-order valence-electron chi connectivity index (χ4n) is 3.39. The number of aliphatic hydroxyl groups excluding tert-OH is 1. The lowest BCUT2D eigenvalue weighted by Gasteiger charge is -2.24. The topological polar surface area (TPSA) is 100.0 Å². The van der Waals surface area contributed by atoms with Crippen molar-refractivity contribution in [2.75, 3.05) is 12.0 Å². The van der Waals surface area contributed by atoms with Gasteiger partial charge < -0.3 is 14.9 Å². The number of ether oxygens (including phenoxy) is 1. The van der Waals surface area contributed by atoms with Crippen LogP contribution in [0.3, 0.4) is 0 Å². The van der Waals surface area contributed by atoms with Gasteiger partial charge in [-0.2, -0.15) is 0 Å². The fraction of sp³-hybridized carbons (Fsp3) is 0.0870. The Morgan fingerprint density at radius 3 is 2.65 bits per heavy atom. The van der Waals surface area contributed by atoms with Crippen LogP contribution in [0.2, 0.25) is 0 Å². The van der Waals surface area contributed by atoms with Crippen LogP contribution in [0.25, 0.3) is 6.08 Å². The van der Waals surface area contributed by atoms with Gasteiger partial charge in [0.05, 0.1) is 18.7 Å². The third kappa shape index (κ3) is 3.80. The molecule has 1 aliphatic heterocycles. The maximum absolute atomic E-state index is 13.1. The average molecular weight is 434 g/mol. The van der Waals surface area contributed by atoms with Gasteiger partial charge in [-0.15, -0.1) is 11.3 Å². The molecule has 0 saturated heterocycles. The van der Waals surface area contributed by atoms with Crippen LogP contribution in [-0.2, 0) is 9.59 Å². The van der Waals surface area contributed by atoms with Crippen molar-refractivity contribution >= 4 is 34.2 Å². The number of carbonyl (C=O) groups excluding carboxylic acids is 2. The molecule has 2 N–H and O–H groups in total. The zero-order chi connectivity index (χ0) is 22.0. The second kappa shape index (κ2) is 8.45. The third-order valence-corrected chi connectivity index (χ3v) is 5.62. The molecule has 1 aliphatic rings. The van der Waals surface area contributed by atoms with Crippen LogP contribution in [0.4, 0.5) is 5.13 Å². The van der Waals surface area contributed by atoms with Crippen molar-refractivity contribution in [1.82, 2.24) is 4.98 Å². The van der Waals surface area contributed by atoms with Gasteiger partial charge in [0.1, 0.15) is 0 Å². The number of phenolic OH excluding ortho intramolecular Hbond substituents is 1. The number of nitrogens with zero attached hydrogens (tertiary/aromatic N) is 2. The van der Waals surface area contributed by atoms with E-state index in [4.69, 9.17) is 4.74 Å². The van der Waals surface area contributed by atoms with Gasteiger partial charge in [-0.1, -0.05) is 42.5 Å². The molecule has 1 amide bonds. The summed E-state index contributed by atoms with van der Waals surface area (Å²) in [5.41, 5.74) is 1.22. The van der Waals surface area contributed by atoms with E-state index in [2.05, 4.69) is 4.98 Å². The molecule has 0 saturated carbocycles. The van der Waals surface area contributed by atoms with E-state index in [1.165, 1.54) is 47.8 Å². The highest BCUT2D eigenvalue weighted by molar-refractivity contribution is 7.13. The number of allylic oxidation sites excluding steroid dienone is 1. The monoisotopic (exact) mass is 434 g/mol. The van der Waals surface area contributed by atoms with Crippen LogP contribution in [0.1, 0.15) is 17.2 Å². The summed E-state index contributed by atoms with van der Waals surface area (Å²) in [4.78, 5) is 31.5. The molecule has 1 atom stereocenters. The van der Waals surface area contributed by atoms with E-state index < -0.39 is 23.5 Å². The predicted octanol–water partition coefficient (Wildman–Crippen LogP) is 4.04. The summed E-state index contributed by atoms with van der Waals surface area (Å²) >= 11 is 1.21. The van der Waals surface area contributed by atoms with Crippen molar-refractivity contribution in [2.24, 2.45) is 0 Å². The van der Waals surface area contributed by atoms with Crippen molar-refractivity contribution in [1.29, 1.82) is 0 Å². The fourth-order valence-corrected chi connectivity index (χ4v) is 4.06. The number of benzene rings is 2. The molecule has 8 heteroatoms. The molecular formula is C23H18N2O5S. The van der Waals surface area contributed by atoms with E-state index in [1.807, 2.05) is 30.3 Å². The van der Waals surface area contributed by atoms with Crippen molar-refractivity contribution in [3.05, 3.63) is 88.6 Å². The maximum Gasteiger partial charge on any atom is 0.296 e. The van der Waals surface area contributed by atoms with Crippen molar-refractivity contribution < 1.29 is 24.5 Å². The summed E-state index contributed by atoms with van der Waals surface area (Å²) in [5.74, 6) is -1.76. The Labute approximate surface area is 182 Å². The zero-order valence-corrected chi connectivity index (χ0v) is 17.2. The van der Waals surface area contributed by atoms with E-state index in [9.17, 15) is 19.8 Å². The molecule has 31 heavy (non-hydrogen) atoms. The quantitative estimate of drug-likeness (QED) is 0.568. The molecule has 0 bridgehead atoms. The summed E-state index contributed by atoms with van der Waals surface area (Å²) < 4.78 is 5.18. The number of thiazole rings is 1. The van der Waals surface area contributed by atoms with Gasteiger partial charge in [0.15, 0.2) is 28.2 Å². The van der Waals surface area contributed by atoms with Gasteiger partial charge in [0.2, 0.25) is 0 Å². The van der Waals surface area contributed by atoms with Crippen LogP contribution in [0.5, 0.6) is 11.5 Å². The van der Waals surface area contributed by atoms with Crippen LogP contribution < -0.4 is 9.64 Å². The summed E-state index contributed by atoms with van der Waals surface area (Å²) in [7, 11) is 1.40. The zero-order valence-electron chi connectivity index (χ0n) is 16.4. The first kappa shape index (κ1) is 20.4. The molecular weight excluding hydrogens is 416 g/mol. The number of hydrogen-bond acceptors (Lipinski definition) is 7. The smallest absolute Gasteiger partial charge is 0.296 e. The van der Waals surface area contributed by atoms with Crippen LogP contribution in [0.15, 0.2) is 77.5 Å². The second-order valence-corrected chi connectivity index (χ2v) is 7.57. The first-order valence-electron chi connectivity index (χ1n) is 9.31. The number of methoxy groups -OCH3 is 1. The lowest BCUT2D eigenvalue weighted by molar-refractivity contribution is -0.117. The number of amides is 1. The second-order valence-electron chi connectivity index (χ2n) is 6.69. The highest BCUT2D eigenvalue weighted by Crippen LogP contribution is 2.43. The Morgan fingerprint density at radius 2 is 1.97 bits per heavy atom. The lowest BCUT2D eigenvalue weighted by Crippen LogP contribution is -2.30. The van der Waals surface area contributed by atoms with Crippen LogP contribution >= 0.6 is 11.3 Å². The van der Waals surface area contributed by atoms with E-state index in [0.717, 1.165) is 5.56 Å². The Morgan fingerprint density at radius 1 is 1.19 bits per heavy atom. The molecule has 2 aromatic carbocycles. The van der Waals surface area contributed by atoms with Gasteiger partial charge in [-0.05, 0) is 29.3 Å². The number of phenols is 1. The molecule has 156 valence electrons. The summed E-state index contributed by atoms with van der Waals surface area (Å²) in [6.07, 6.45) is 4.48. The van der Waals surface area contributed by atoms with E-state index in [1.54, 1.807) is 17.5 Å². The van der Waals surface area contributed by atoms with Crippen molar-refractivity contribution in [3.8, 4) is 11.5 Å². The number of aliphatic hydroxyl groups is 1. The van der Waals surface area contributed by atoms with Gasteiger partial charge in [0.25, 0.3) is 5.91 Å². The van der Waals surface area contributed by atoms with Crippen LogP contribution in [0, 0.1) is 0 Å². The molecule has 1 unspecified atom stereocenters. The highest BCUT2D eigenvalue weighted by Gasteiger charge is 2.45. The standard InChI is InChI=1S/C23H18N2O5S/c1-30-18-13-15(8-10-16(18)26)20-19(17(27)9-7-14-5-3-2-4-6-14)21(28)22(29)25(20)23-24-11-12-31-23/h2-13,20,26,28H,1H3/b9-7+. The SMILES string of the molecule is COc1cc(C2C(C(=O)/C=C/c3ccccc3)=C(O)C(=O)N2c2nccs2)ccc1O. The molecule has 7 nitrogen and oxygen atoms in total. The average Bonchev–Trinajstić information content (AvgIpc) is 3.40. The summed E-state index contributed by atoms with van der Waals surface area (Å²) in [5, 5.41) is 22.6. The largest absolute Gasteiger partial charge is 0.504 e. The predicted molar refractivity (Wildman–Crippen MR) is 117 cm³/mol. The minimum Gasteiger partial charge on any atom is -0.504 e. The Kier molecular flexibility index (Phi) is 5.55. The molecule has 0 spiro atoms. The van der Waals surface area contributed by atoms with Crippen molar-refractivity contribution in [3.63, 3.8) is 0 Å². The van der Waals surface area contributed by atoms with Gasteiger partial charge in [-0.25, -0.2) is 4.98 Å². The van der Waals surface area contributed by atoms with Crippen molar-refractivity contribution in [2.45, 2.75) is 6.04 Å². The third-order valence-electron chi connectivity index (χ3n) is 4.85. The number of carbonyl (C=O) groups is 2. The molecule has 4 rings (SSSR count). The minimum atomic E-state index is -0.930. The molecule has 0 aliphatic carbocycles. The summed E-state index contributed by atoms with van der Waals surface area (Å²) in [6, 6.07) is 12.8. The molecule has 1 aromatic heterocycles. The van der Waals surface area contributed by atoms with E-state index >= 15 is 0 Å².